The van der Waals surface area contributed by atoms with E-state index in [-0.39, 0.29) is 6.61 Å². The lowest BCUT2D eigenvalue weighted by molar-refractivity contribution is 0.0667. The van der Waals surface area contributed by atoms with E-state index in [1.807, 2.05) is 0 Å². The van der Waals surface area contributed by atoms with Crippen molar-refractivity contribution < 1.29 is 10.2 Å². The number of hydrogen-bond donors (Lipinski definition) is 3. The molecule has 0 unspecified atom stereocenters. The summed E-state index contributed by atoms with van der Waals surface area (Å²) in [7, 11) is 0. The van der Waals surface area contributed by atoms with Crippen LogP contribution in [0.1, 0.15) is 13.8 Å². The second-order valence-corrected chi connectivity index (χ2v) is 2.34. The fourth-order valence-electron chi connectivity index (χ4n) is 0.132. The zero-order chi connectivity index (χ0) is 6.78. The fourth-order valence-corrected chi connectivity index (χ4v) is 0.132. The number of hydrogen-bond acceptors (Lipinski definition) is 3. The first-order chi connectivity index (χ1) is 3.50. The van der Waals surface area contributed by atoms with Crippen LogP contribution in [-0.2, 0) is 0 Å². The third kappa shape index (κ3) is 1.78. The fraction of sp³-hybridized carbons (Fsp3) is 1.00. The average molecular weight is 119 g/mol. The standard InChI is InChI=1S/C5H13NO2/c1-4(8)5(2,6)3-7/h4,7-8H,3,6H2,1-2H3/t4-,5+/m0/s1. The van der Waals surface area contributed by atoms with Crippen molar-refractivity contribution in [1.29, 1.82) is 0 Å². The van der Waals surface area contributed by atoms with Gasteiger partial charge in [-0.25, -0.2) is 0 Å². The molecule has 0 aliphatic heterocycles. The highest BCUT2D eigenvalue weighted by Crippen LogP contribution is 2.02. The molecule has 8 heavy (non-hydrogen) atoms. The van der Waals surface area contributed by atoms with Gasteiger partial charge in [-0.1, -0.05) is 0 Å². The Labute approximate surface area is 49.1 Å². The summed E-state index contributed by atoms with van der Waals surface area (Å²) in [5.74, 6) is 0. The SMILES string of the molecule is C[C@H](O)[C@](C)(N)CO. The highest BCUT2D eigenvalue weighted by atomic mass is 16.3. The van der Waals surface area contributed by atoms with Crippen LogP contribution in [0.25, 0.3) is 0 Å². The van der Waals surface area contributed by atoms with Crippen LogP contribution >= 0.6 is 0 Å². The van der Waals surface area contributed by atoms with Gasteiger partial charge in [0.1, 0.15) is 0 Å². The third-order valence-corrected chi connectivity index (χ3v) is 1.30. The van der Waals surface area contributed by atoms with Gasteiger partial charge in [0.2, 0.25) is 0 Å². The zero-order valence-electron chi connectivity index (χ0n) is 5.26. The summed E-state index contributed by atoms with van der Waals surface area (Å²) in [6, 6.07) is 0. The van der Waals surface area contributed by atoms with Crippen molar-refractivity contribution in [2.24, 2.45) is 5.73 Å². The molecule has 0 amide bonds. The molecule has 0 spiro atoms. The Morgan fingerprint density at radius 1 is 1.75 bits per heavy atom. The highest BCUT2D eigenvalue weighted by molar-refractivity contribution is 4.82. The van der Waals surface area contributed by atoms with Crippen LogP contribution in [0.3, 0.4) is 0 Å². The van der Waals surface area contributed by atoms with Gasteiger partial charge in [-0.3, -0.25) is 0 Å². The summed E-state index contributed by atoms with van der Waals surface area (Å²) in [5, 5.41) is 17.3. The first-order valence-electron chi connectivity index (χ1n) is 2.58. The Morgan fingerprint density at radius 3 is 2.12 bits per heavy atom. The van der Waals surface area contributed by atoms with Crippen molar-refractivity contribution in [3.63, 3.8) is 0 Å². The van der Waals surface area contributed by atoms with Gasteiger partial charge in [-0.05, 0) is 13.8 Å². The first-order valence-corrected chi connectivity index (χ1v) is 2.58. The molecule has 0 radical (unpaired) electrons. The molecule has 4 N–H and O–H groups in total. The smallest absolute Gasteiger partial charge is 0.0711 e. The van der Waals surface area contributed by atoms with Crippen molar-refractivity contribution in [2.45, 2.75) is 25.5 Å². The van der Waals surface area contributed by atoms with Gasteiger partial charge in [0.25, 0.3) is 0 Å². The molecule has 0 rings (SSSR count). The number of nitrogens with two attached hydrogens (primary N) is 1. The van der Waals surface area contributed by atoms with E-state index in [4.69, 9.17) is 15.9 Å². The van der Waals surface area contributed by atoms with E-state index in [0.29, 0.717) is 0 Å². The molecule has 3 heteroatoms. The normalized spacial score (nSPS) is 22.1. The molecule has 0 aromatic heterocycles. The Morgan fingerprint density at radius 2 is 2.12 bits per heavy atom. The van der Waals surface area contributed by atoms with Crippen LogP contribution < -0.4 is 5.73 Å². The minimum atomic E-state index is -0.847. The van der Waals surface area contributed by atoms with Gasteiger partial charge in [0.05, 0.1) is 18.2 Å². The number of aliphatic hydroxyl groups is 2. The van der Waals surface area contributed by atoms with Gasteiger partial charge >= 0.3 is 0 Å². The largest absolute Gasteiger partial charge is 0.394 e. The Kier molecular flexibility index (Phi) is 2.40. The van der Waals surface area contributed by atoms with Gasteiger partial charge < -0.3 is 15.9 Å². The summed E-state index contributed by atoms with van der Waals surface area (Å²) >= 11 is 0. The van der Waals surface area contributed by atoms with Crippen LogP contribution in [0.2, 0.25) is 0 Å². The topological polar surface area (TPSA) is 66.5 Å². The van der Waals surface area contributed by atoms with Crippen molar-refractivity contribution in [1.82, 2.24) is 0 Å². The van der Waals surface area contributed by atoms with E-state index in [1.54, 1.807) is 13.8 Å². The number of aliphatic hydroxyl groups excluding tert-OH is 2. The summed E-state index contributed by atoms with van der Waals surface area (Å²) in [5.41, 5.74) is 4.51. The molecule has 2 atom stereocenters. The van der Waals surface area contributed by atoms with Gasteiger partial charge in [0, 0.05) is 0 Å². The van der Waals surface area contributed by atoms with E-state index >= 15 is 0 Å². The van der Waals surface area contributed by atoms with E-state index in [1.165, 1.54) is 0 Å². The monoisotopic (exact) mass is 119 g/mol. The molecule has 3 nitrogen and oxygen atoms in total. The quantitative estimate of drug-likeness (QED) is 0.440. The number of rotatable bonds is 2. The van der Waals surface area contributed by atoms with Crippen LogP contribution in [0.5, 0.6) is 0 Å². The van der Waals surface area contributed by atoms with Gasteiger partial charge in [-0.2, -0.15) is 0 Å². The maximum absolute atomic E-state index is 8.80. The van der Waals surface area contributed by atoms with E-state index in [9.17, 15) is 0 Å². The minimum absolute atomic E-state index is 0.190. The van der Waals surface area contributed by atoms with Crippen LogP contribution in [0, 0.1) is 0 Å². The van der Waals surface area contributed by atoms with Gasteiger partial charge in [0.15, 0.2) is 0 Å². The second kappa shape index (κ2) is 2.44. The van der Waals surface area contributed by atoms with Crippen LogP contribution in [0.4, 0.5) is 0 Å². The Hall–Kier alpha value is -0.120. The molecule has 0 saturated heterocycles. The molecule has 0 saturated carbocycles. The van der Waals surface area contributed by atoms with Crippen molar-refractivity contribution >= 4 is 0 Å². The van der Waals surface area contributed by atoms with Gasteiger partial charge in [-0.15, -0.1) is 0 Å². The second-order valence-electron chi connectivity index (χ2n) is 2.34. The molecular weight excluding hydrogens is 106 g/mol. The maximum Gasteiger partial charge on any atom is 0.0711 e. The third-order valence-electron chi connectivity index (χ3n) is 1.30. The molecule has 0 fully saturated rings. The predicted molar refractivity (Wildman–Crippen MR) is 31.4 cm³/mol. The summed E-state index contributed by atoms with van der Waals surface area (Å²) in [6.07, 6.45) is -0.660. The Balaban J connectivity index is 3.71. The molecule has 50 valence electrons. The Bertz CT molecular complexity index is 70.8. The summed E-state index contributed by atoms with van der Waals surface area (Å²) in [6.45, 7) is 2.96. The molecule has 0 aromatic carbocycles. The lowest BCUT2D eigenvalue weighted by Gasteiger charge is -2.24. The first kappa shape index (κ1) is 7.88. The summed E-state index contributed by atoms with van der Waals surface area (Å²) in [4.78, 5) is 0. The zero-order valence-corrected chi connectivity index (χ0v) is 5.26. The molecular formula is C5H13NO2. The lowest BCUT2D eigenvalue weighted by Crippen LogP contribution is -2.49. The minimum Gasteiger partial charge on any atom is -0.394 e. The van der Waals surface area contributed by atoms with Crippen molar-refractivity contribution in [3.05, 3.63) is 0 Å². The predicted octanol–water partition coefficient (Wildman–Crippen LogP) is -0.923. The maximum atomic E-state index is 8.80. The highest BCUT2D eigenvalue weighted by Gasteiger charge is 2.22. The average Bonchev–Trinajstić information content (AvgIpc) is 1.67. The molecule has 0 heterocycles. The van der Waals surface area contributed by atoms with E-state index in [2.05, 4.69) is 0 Å². The van der Waals surface area contributed by atoms with Crippen LogP contribution in [0.15, 0.2) is 0 Å². The van der Waals surface area contributed by atoms with Crippen molar-refractivity contribution in [2.75, 3.05) is 6.61 Å². The van der Waals surface area contributed by atoms with E-state index < -0.39 is 11.6 Å². The summed E-state index contributed by atoms with van der Waals surface area (Å²) < 4.78 is 0. The van der Waals surface area contributed by atoms with E-state index in [0.717, 1.165) is 0 Å². The lowest BCUT2D eigenvalue weighted by atomic mass is 9.99. The molecule has 0 aliphatic carbocycles. The van der Waals surface area contributed by atoms with Crippen molar-refractivity contribution in [3.8, 4) is 0 Å². The molecule has 0 bridgehead atoms. The molecule has 0 aliphatic rings. The van der Waals surface area contributed by atoms with Crippen LogP contribution in [-0.4, -0.2) is 28.5 Å². The molecule has 0 aromatic rings.